The first-order valence-electron chi connectivity index (χ1n) is 13.6. The van der Waals surface area contributed by atoms with E-state index in [-0.39, 0.29) is 6.10 Å². The lowest BCUT2D eigenvalue weighted by atomic mass is 9.46. The quantitative estimate of drug-likeness (QED) is 0.307. The number of carbonyl (C=O) groups excluding carboxylic acids is 1. The lowest BCUT2D eigenvalue weighted by Crippen LogP contribution is -2.52. The Bertz CT molecular complexity index is 699. The maximum absolute atomic E-state index is 11.6. The number of rotatable bonds is 6. The van der Waals surface area contributed by atoms with Crippen LogP contribution in [0.3, 0.4) is 0 Å². The second kappa shape index (κ2) is 9.34. The van der Waals surface area contributed by atoms with Crippen LogP contribution in [0.15, 0.2) is 12.2 Å². The highest BCUT2D eigenvalue weighted by Gasteiger charge is 2.59. The van der Waals surface area contributed by atoms with Gasteiger partial charge in [0.05, 0.1) is 7.11 Å². The van der Waals surface area contributed by atoms with Gasteiger partial charge in [-0.15, -0.1) is 0 Å². The van der Waals surface area contributed by atoms with Crippen molar-refractivity contribution >= 4 is 6.16 Å². The zero-order valence-corrected chi connectivity index (χ0v) is 21.6. The van der Waals surface area contributed by atoms with E-state index in [0.717, 1.165) is 48.3 Å². The first-order chi connectivity index (χ1) is 15.2. The molecule has 3 fully saturated rings. The van der Waals surface area contributed by atoms with Gasteiger partial charge in [-0.05, 0) is 97.2 Å². The molecule has 9 atom stereocenters. The molecular formula is C29H48O3. The number of allylic oxidation sites excluding steroid dienone is 2. The minimum atomic E-state index is -0.524. The molecule has 3 nitrogen and oxygen atoms in total. The van der Waals surface area contributed by atoms with Crippen LogP contribution in [0.1, 0.15) is 98.8 Å². The fourth-order valence-corrected chi connectivity index (χ4v) is 8.90. The van der Waals surface area contributed by atoms with E-state index in [1.165, 1.54) is 58.5 Å². The first kappa shape index (κ1) is 24.1. The largest absolute Gasteiger partial charge is 0.508 e. The Balaban J connectivity index is 1.45. The molecule has 0 aromatic carbocycles. The van der Waals surface area contributed by atoms with Gasteiger partial charge < -0.3 is 9.47 Å². The predicted molar refractivity (Wildman–Crippen MR) is 130 cm³/mol. The van der Waals surface area contributed by atoms with Crippen LogP contribution in [0.2, 0.25) is 0 Å². The summed E-state index contributed by atoms with van der Waals surface area (Å²) in [5.41, 5.74) is 0.884. The average Bonchev–Trinajstić information content (AvgIpc) is 3.11. The highest BCUT2D eigenvalue weighted by atomic mass is 16.7. The molecule has 0 heterocycles. The molecule has 182 valence electrons. The van der Waals surface area contributed by atoms with E-state index < -0.39 is 6.16 Å². The average molecular weight is 445 g/mol. The van der Waals surface area contributed by atoms with E-state index >= 15 is 0 Å². The maximum Gasteiger partial charge on any atom is 0.508 e. The van der Waals surface area contributed by atoms with Crippen molar-refractivity contribution < 1.29 is 14.3 Å². The molecule has 3 saturated carbocycles. The monoisotopic (exact) mass is 444 g/mol. The SMILES string of the molecule is COC(=O)OC1CC[C@]2(C)C(C=C[C@@H]3C4CCC(C(C)CCCC(C)C)[C@]4(C)CC[C@H]32)C1. The van der Waals surface area contributed by atoms with Crippen LogP contribution in [0.4, 0.5) is 4.79 Å². The standard InChI is InChI=1S/C29H48O3/c1-19(2)8-7-9-20(3)24-12-13-25-23-11-10-21-18-22(32-27(30)31-6)14-16-28(21,4)26(23)15-17-29(24,25)5/h10-11,19-26H,7-9,12-18H2,1-6H3/t20?,21?,22?,23-,24?,25?,26-,28-,29+/m1/s1. The van der Waals surface area contributed by atoms with E-state index in [0.29, 0.717) is 16.7 Å². The normalized spacial score (nSPS) is 43.8. The molecule has 3 heteroatoms. The zero-order chi connectivity index (χ0) is 23.1. The summed E-state index contributed by atoms with van der Waals surface area (Å²) in [6.07, 6.45) is 17.6. The summed E-state index contributed by atoms with van der Waals surface area (Å²) in [7, 11) is 1.40. The van der Waals surface area contributed by atoms with Gasteiger partial charge in [0.25, 0.3) is 0 Å². The van der Waals surface area contributed by atoms with Gasteiger partial charge in [-0.3, -0.25) is 0 Å². The summed E-state index contributed by atoms with van der Waals surface area (Å²) < 4.78 is 10.3. The summed E-state index contributed by atoms with van der Waals surface area (Å²) in [5, 5.41) is 0. The Labute approximate surface area is 197 Å². The van der Waals surface area contributed by atoms with Crippen molar-refractivity contribution in [2.45, 2.75) is 105 Å². The van der Waals surface area contributed by atoms with Crippen molar-refractivity contribution in [1.29, 1.82) is 0 Å². The molecule has 0 saturated heterocycles. The number of fused-ring (bicyclic) bond motifs is 5. The Hall–Kier alpha value is -0.990. The van der Waals surface area contributed by atoms with Gasteiger partial charge in [0.1, 0.15) is 6.10 Å². The fourth-order valence-electron chi connectivity index (χ4n) is 8.90. The molecule has 4 aliphatic carbocycles. The molecule has 0 aliphatic heterocycles. The van der Waals surface area contributed by atoms with Gasteiger partial charge in [-0.25, -0.2) is 4.79 Å². The van der Waals surface area contributed by atoms with Crippen molar-refractivity contribution in [1.82, 2.24) is 0 Å². The third kappa shape index (κ3) is 4.27. The van der Waals surface area contributed by atoms with E-state index in [4.69, 9.17) is 9.47 Å². The second-order valence-electron chi connectivity index (χ2n) is 12.8. The van der Waals surface area contributed by atoms with Crippen LogP contribution < -0.4 is 0 Å². The minimum absolute atomic E-state index is 0.0122. The van der Waals surface area contributed by atoms with Crippen molar-refractivity contribution in [3.8, 4) is 0 Å². The van der Waals surface area contributed by atoms with E-state index in [1.54, 1.807) is 0 Å². The maximum atomic E-state index is 11.6. The molecular weight excluding hydrogens is 396 g/mol. The van der Waals surface area contributed by atoms with Gasteiger partial charge >= 0.3 is 6.16 Å². The van der Waals surface area contributed by atoms with Crippen LogP contribution in [0.5, 0.6) is 0 Å². The minimum Gasteiger partial charge on any atom is -0.438 e. The summed E-state index contributed by atoms with van der Waals surface area (Å²) in [6, 6.07) is 0. The van der Waals surface area contributed by atoms with E-state index in [1.807, 2.05) is 0 Å². The van der Waals surface area contributed by atoms with Crippen molar-refractivity contribution in [2.24, 2.45) is 52.3 Å². The number of hydrogen-bond acceptors (Lipinski definition) is 3. The first-order valence-corrected chi connectivity index (χ1v) is 13.6. The van der Waals surface area contributed by atoms with Gasteiger partial charge in [0, 0.05) is 0 Å². The number of ether oxygens (including phenoxy) is 2. The smallest absolute Gasteiger partial charge is 0.438 e. The molecule has 0 amide bonds. The van der Waals surface area contributed by atoms with Gasteiger partial charge in [0.2, 0.25) is 0 Å². The molecule has 0 aromatic heterocycles. The second-order valence-corrected chi connectivity index (χ2v) is 12.8. The van der Waals surface area contributed by atoms with Crippen molar-refractivity contribution in [3.05, 3.63) is 12.2 Å². The van der Waals surface area contributed by atoms with Gasteiger partial charge in [-0.1, -0.05) is 66.0 Å². The van der Waals surface area contributed by atoms with Crippen LogP contribution in [0, 0.1) is 52.3 Å². The molecule has 0 N–H and O–H groups in total. The Morgan fingerprint density at radius 2 is 1.69 bits per heavy atom. The Kier molecular flexibility index (Phi) is 7.04. The molecule has 0 aromatic rings. The number of hydrogen-bond donors (Lipinski definition) is 0. The molecule has 0 radical (unpaired) electrons. The Morgan fingerprint density at radius 3 is 2.41 bits per heavy atom. The van der Waals surface area contributed by atoms with Gasteiger partial charge in [0.15, 0.2) is 0 Å². The predicted octanol–water partition coefficient (Wildman–Crippen LogP) is 8.04. The summed E-state index contributed by atoms with van der Waals surface area (Å²) in [4.78, 5) is 11.6. The molecule has 32 heavy (non-hydrogen) atoms. The van der Waals surface area contributed by atoms with Crippen LogP contribution in [-0.2, 0) is 9.47 Å². The third-order valence-corrected chi connectivity index (χ3v) is 10.7. The van der Waals surface area contributed by atoms with E-state index in [2.05, 4.69) is 46.8 Å². The Morgan fingerprint density at radius 1 is 0.969 bits per heavy atom. The zero-order valence-electron chi connectivity index (χ0n) is 21.6. The summed E-state index contributed by atoms with van der Waals surface area (Å²) >= 11 is 0. The molecule has 4 aliphatic rings. The molecule has 4 rings (SSSR count). The highest BCUT2D eigenvalue weighted by Crippen LogP contribution is 2.67. The lowest BCUT2D eigenvalue weighted by molar-refractivity contribution is -0.0868. The molecule has 0 bridgehead atoms. The molecule has 0 spiro atoms. The van der Waals surface area contributed by atoms with Crippen molar-refractivity contribution in [2.75, 3.05) is 7.11 Å². The van der Waals surface area contributed by atoms with Crippen LogP contribution in [0.25, 0.3) is 0 Å². The van der Waals surface area contributed by atoms with Gasteiger partial charge in [-0.2, -0.15) is 0 Å². The van der Waals surface area contributed by atoms with Crippen LogP contribution >= 0.6 is 0 Å². The topological polar surface area (TPSA) is 35.5 Å². The third-order valence-electron chi connectivity index (χ3n) is 10.7. The summed E-state index contributed by atoms with van der Waals surface area (Å²) in [6.45, 7) is 12.5. The van der Waals surface area contributed by atoms with Crippen LogP contribution in [-0.4, -0.2) is 19.4 Å². The highest BCUT2D eigenvalue weighted by molar-refractivity contribution is 5.59. The fraction of sp³-hybridized carbons (Fsp3) is 0.897. The lowest BCUT2D eigenvalue weighted by Gasteiger charge is -2.59. The molecule has 5 unspecified atom stereocenters. The number of carbonyl (C=O) groups is 1. The van der Waals surface area contributed by atoms with E-state index in [9.17, 15) is 4.79 Å². The summed E-state index contributed by atoms with van der Waals surface area (Å²) in [5.74, 6) is 5.54. The van der Waals surface area contributed by atoms with Crippen molar-refractivity contribution in [3.63, 3.8) is 0 Å². The number of methoxy groups -OCH3 is 1.